The molecule has 2 N–H and O–H groups in total. The molecule has 0 radical (unpaired) electrons. The van der Waals surface area contributed by atoms with Crippen LogP contribution in [0, 0.1) is 5.41 Å². The van der Waals surface area contributed by atoms with Gasteiger partial charge in [-0.1, -0.05) is 39.0 Å². The Bertz CT molecular complexity index is 730. The van der Waals surface area contributed by atoms with Gasteiger partial charge in [-0.15, -0.1) is 0 Å². The van der Waals surface area contributed by atoms with Crippen LogP contribution in [0.15, 0.2) is 30.3 Å². The van der Waals surface area contributed by atoms with Gasteiger partial charge in [-0.2, -0.15) is 0 Å². The van der Waals surface area contributed by atoms with Gasteiger partial charge in [-0.05, 0) is 30.5 Å². The molecule has 2 aliphatic heterocycles. The van der Waals surface area contributed by atoms with Crippen LogP contribution in [0.3, 0.4) is 0 Å². The van der Waals surface area contributed by atoms with Crippen molar-refractivity contribution < 1.29 is 14.8 Å². The molecule has 0 atom stereocenters. The number of amides is 2. The normalized spacial score (nSPS) is 19.1. The zero-order chi connectivity index (χ0) is 18.9. The molecule has 0 aliphatic carbocycles. The number of carbonyl (C=O) groups is 2. The first-order valence-electron chi connectivity index (χ1n) is 9.05. The predicted molar refractivity (Wildman–Crippen MR) is 101 cm³/mol. The molecule has 0 aromatic heterocycles. The number of rotatable bonds is 3. The molecule has 2 fully saturated rings. The third kappa shape index (κ3) is 3.33. The van der Waals surface area contributed by atoms with Crippen LogP contribution in [0.25, 0.3) is 6.08 Å². The van der Waals surface area contributed by atoms with Crippen molar-refractivity contribution in [2.75, 3.05) is 24.5 Å². The number of nitrogens with zero attached hydrogens (tertiary/aromatic N) is 2. The van der Waals surface area contributed by atoms with Gasteiger partial charge in [0.2, 0.25) is 5.91 Å². The minimum absolute atomic E-state index is 0.00983. The second-order valence-electron chi connectivity index (χ2n) is 8.26. The Morgan fingerprint density at radius 3 is 2.58 bits per heavy atom. The van der Waals surface area contributed by atoms with Gasteiger partial charge in [0.05, 0.1) is 5.54 Å². The first kappa shape index (κ1) is 18.5. The van der Waals surface area contributed by atoms with Crippen LogP contribution in [0.4, 0.5) is 5.69 Å². The van der Waals surface area contributed by atoms with Crippen molar-refractivity contribution >= 4 is 23.6 Å². The summed E-state index contributed by atoms with van der Waals surface area (Å²) in [4.78, 5) is 28.2. The SMILES string of the molecule is CC(C)(C)C(=O)N1CC2(CCCN2c2ccccc2C=CC(=O)NO)C1. The highest BCUT2D eigenvalue weighted by atomic mass is 16.5. The third-order valence-corrected chi connectivity index (χ3v) is 5.25. The van der Waals surface area contributed by atoms with Crippen molar-refractivity contribution in [3.8, 4) is 0 Å². The van der Waals surface area contributed by atoms with E-state index in [-0.39, 0.29) is 16.9 Å². The molecule has 2 aliphatic rings. The minimum Gasteiger partial charge on any atom is -0.362 e. The lowest BCUT2D eigenvalue weighted by Gasteiger charge is -2.55. The molecule has 6 heteroatoms. The van der Waals surface area contributed by atoms with E-state index in [1.165, 1.54) is 6.08 Å². The average Bonchev–Trinajstić information content (AvgIpc) is 3.01. The maximum atomic E-state index is 12.5. The van der Waals surface area contributed by atoms with Gasteiger partial charge >= 0.3 is 0 Å². The largest absolute Gasteiger partial charge is 0.362 e. The van der Waals surface area contributed by atoms with E-state index in [4.69, 9.17) is 5.21 Å². The summed E-state index contributed by atoms with van der Waals surface area (Å²) < 4.78 is 0. The van der Waals surface area contributed by atoms with Crippen LogP contribution in [-0.4, -0.2) is 47.1 Å². The van der Waals surface area contributed by atoms with Crippen LogP contribution in [0.1, 0.15) is 39.2 Å². The molecular formula is C20H27N3O3. The molecule has 1 spiro atoms. The fraction of sp³-hybridized carbons (Fsp3) is 0.500. The number of hydroxylamine groups is 1. The number of benzene rings is 1. The standard InChI is InChI=1S/C20H27N3O3/c1-19(2,3)18(25)22-13-20(14-22)11-6-12-23(20)16-8-5-4-7-15(16)9-10-17(24)21-26/h4-5,7-10,26H,6,11-14H2,1-3H3,(H,21,24). The van der Waals surface area contributed by atoms with Gasteiger partial charge in [0.25, 0.3) is 5.91 Å². The number of para-hydroxylation sites is 1. The second kappa shape index (κ2) is 6.76. The molecule has 2 saturated heterocycles. The summed E-state index contributed by atoms with van der Waals surface area (Å²) in [5.74, 6) is -0.357. The smallest absolute Gasteiger partial charge is 0.267 e. The summed E-state index contributed by atoms with van der Waals surface area (Å²) in [5.41, 5.74) is 3.24. The summed E-state index contributed by atoms with van der Waals surface area (Å²) in [7, 11) is 0. The molecule has 3 rings (SSSR count). The van der Waals surface area contributed by atoms with Crippen molar-refractivity contribution in [1.29, 1.82) is 0 Å². The molecule has 1 aromatic carbocycles. The first-order chi connectivity index (χ1) is 12.3. The number of likely N-dealkylation sites (tertiary alicyclic amines) is 1. The van der Waals surface area contributed by atoms with Gasteiger partial charge in [0.1, 0.15) is 0 Å². The Balaban J connectivity index is 1.81. The molecule has 0 bridgehead atoms. The van der Waals surface area contributed by atoms with Gasteiger partial charge in [0, 0.05) is 36.8 Å². The lowest BCUT2D eigenvalue weighted by atomic mass is 9.83. The van der Waals surface area contributed by atoms with Crippen LogP contribution in [-0.2, 0) is 9.59 Å². The number of hydrogen-bond donors (Lipinski definition) is 2. The topological polar surface area (TPSA) is 72.9 Å². The summed E-state index contributed by atoms with van der Waals surface area (Å²) in [6.45, 7) is 8.31. The van der Waals surface area contributed by atoms with Crippen molar-refractivity contribution in [2.45, 2.75) is 39.2 Å². The second-order valence-corrected chi connectivity index (χ2v) is 8.26. The fourth-order valence-corrected chi connectivity index (χ4v) is 4.00. The Morgan fingerprint density at radius 2 is 1.92 bits per heavy atom. The average molecular weight is 357 g/mol. The lowest BCUT2D eigenvalue weighted by molar-refractivity contribution is -0.147. The highest BCUT2D eigenvalue weighted by Crippen LogP contribution is 2.43. The van der Waals surface area contributed by atoms with E-state index in [1.807, 2.05) is 43.9 Å². The molecule has 1 aromatic rings. The van der Waals surface area contributed by atoms with Crippen LogP contribution in [0.2, 0.25) is 0 Å². The van der Waals surface area contributed by atoms with E-state index in [9.17, 15) is 9.59 Å². The van der Waals surface area contributed by atoms with Gasteiger partial charge in [-0.3, -0.25) is 14.8 Å². The van der Waals surface area contributed by atoms with Crippen LogP contribution >= 0.6 is 0 Å². The van der Waals surface area contributed by atoms with Crippen LogP contribution < -0.4 is 10.4 Å². The summed E-state index contributed by atoms with van der Waals surface area (Å²) in [5, 5.41) is 8.67. The first-order valence-corrected chi connectivity index (χ1v) is 9.05. The Hall–Kier alpha value is -2.34. The van der Waals surface area contributed by atoms with Crippen molar-refractivity contribution in [3.05, 3.63) is 35.9 Å². The third-order valence-electron chi connectivity index (χ3n) is 5.25. The van der Waals surface area contributed by atoms with E-state index in [0.717, 1.165) is 43.7 Å². The number of anilines is 1. The molecule has 0 unspecified atom stereocenters. The van der Waals surface area contributed by atoms with E-state index < -0.39 is 5.91 Å². The fourth-order valence-electron chi connectivity index (χ4n) is 4.00. The van der Waals surface area contributed by atoms with Crippen molar-refractivity contribution in [2.24, 2.45) is 5.41 Å². The summed E-state index contributed by atoms with van der Waals surface area (Å²) >= 11 is 0. The molecule has 2 amide bonds. The maximum Gasteiger partial charge on any atom is 0.267 e. The Morgan fingerprint density at radius 1 is 1.23 bits per heavy atom. The lowest BCUT2D eigenvalue weighted by Crippen LogP contribution is -2.70. The predicted octanol–water partition coefficient (Wildman–Crippen LogP) is 2.43. The molecular weight excluding hydrogens is 330 g/mol. The number of nitrogens with one attached hydrogen (secondary N) is 1. The monoisotopic (exact) mass is 357 g/mol. The Labute approximate surface area is 154 Å². The number of carbonyl (C=O) groups excluding carboxylic acids is 2. The molecule has 26 heavy (non-hydrogen) atoms. The van der Waals surface area contributed by atoms with E-state index in [2.05, 4.69) is 11.0 Å². The van der Waals surface area contributed by atoms with E-state index in [0.29, 0.717) is 0 Å². The maximum absolute atomic E-state index is 12.5. The minimum atomic E-state index is -0.554. The Kier molecular flexibility index (Phi) is 4.80. The highest BCUT2D eigenvalue weighted by Gasteiger charge is 2.53. The quantitative estimate of drug-likeness (QED) is 0.495. The van der Waals surface area contributed by atoms with Crippen molar-refractivity contribution in [1.82, 2.24) is 10.4 Å². The van der Waals surface area contributed by atoms with Gasteiger partial charge in [0.15, 0.2) is 0 Å². The summed E-state index contributed by atoms with van der Waals surface area (Å²) in [6, 6.07) is 7.93. The molecule has 6 nitrogen and oxygen atoms in total. The van der Waals surface area contributed by atoms with Gasteiger partial charge in [-0.25, -0.2) is 5.48 Å². The van der Waals surface area contributed by atoms with Crippen molar-refractivity contribution in [3.63, 3.8) is 0 Å². The number of hydrogen-bond acceptors (Lipinski definition) is 4. The van der Waals surface area contributed by atoms with Gasteiger partial charge < -0.3 is 9.80 Å². The molecule has 0 saturated carbocycles. The molecule has 140 valence electrons. The highest BCUT2D eigenvalue weighted by molar-refractivity contribution is 5.92. The zero-order valence-corrected chi connectivity index (χ0v) is 15.7. The zero-order valence-electron chi connectivity index (χ0n) is 15.7. The van der Waals surface area contributed by atoms with Crippen LogP contribution in [0.5, 0.6) is 0 Å². The van der Waals surface area contributed by atoms with E-state index in [1.54, 1.807) is 11.6 Å². The molecule has 2 heterocycles. The van der Waals surface area contributed by atoms with E-state index >= 15 is 0 Å². The summed E-state index contributed by atoms with van der Waals surface area (Å²) in [6.07, 6.45) is 5.18.